The molecule has 0 unspecified atom stereocenters. The lowest BCUT2D eigenvalue weighted by molar-refractivity contribution is -0.128. The van der Waals surface area contributed by atoms with Crippen LogP contribution in [-0.2, 0) is 11.3 Å². The number of nitrogens with two attached hydrogens (primary N) is 1. The smallest absolute Gasteiger partial charge is 0.234 e. The summed E-state index contributed by atoms with van der Waals surface area (Å²) >= 11 is 0. The highest BCUT2D eigenvalue weighted by molar-refractivity contribution is 6.06. The van der Waals surface area contributed by atoms with Gasteiger partial charge in [0, 0.05) is 6.07 Å². The highest BCUT2D eigenvalue weighted by atomic mass is 16.5. The van der Waals surface area contributed by atoms with Crippen LogP contribution in [-0.4, -0.2) is 22.1 Å². The Morgan fingerprint density at radius 1 is 1.48 bits per heavy atom. The van der Waals surface area contributed by atoms with Crippen molar-refractivity contribution in [2.24, 2.45) is 16.3 Å². The summed E-state index contributed by atoms with van der Waals surface area (Å²) in [6.07, 6.45) is 5.13. The van der Waals surface area contributed by atoms with Gasteiger partial charge in [-0.25, -0.2) is 0 Å². The van der Waals surface area contributed by atoms with Crippen LogP contribution in [0.5, 0.6) is 0 Å². The molecule has 4 N–H and O–H groups in total. The van der Waals surface area contributed by atoms with Crippen LogP contribution in [0.15, 0.2) is 15.7 Å². The fourth-order valence-electron chi connectivity index (χ4n) is 2.87. The lowest BCUT2D eigenvalue weighted by Crippen LogP contribution is -2.49. The summed E-state index contributed by atoms with van der Waals surface area (Å²) < 4.78 is 4.97. The van der Waals surface area contributed by atoms with Gasteiger partial charge >= 0.3 is 0 Å². The minimum absolute atomic E-state index is 0.00164. The van der Waals surface area contributed by atoms with E-state index >= 15 is 0 Å². The zero-order valence-corrected chi connectivity index (χ0v) is 12.3. The summed E-state index contributed by atoms with van der Waals surface area (Å²) in [5.41, 5.74) is 5.58. The molecule has 2 rings (SSSR count). The largest absolute Gasteiger partial charge is 0.409 e. The maximum absolute atomic E-state index is 12.6. The lowest BCUT2D eigenvalue weighted by Gasteiger charge is -2.29. The van der Waals surface area contributed by atoms with Gasteiger partial charge in [-0.3, -0.25) is 4.79 Å². The van der Waals surface area contributed by atoms with Crippen LogP contribution in [0.3, 0.4) is 0 Å². The van der Waals surface area contributed by atoms with Gasteiger partial charge in [-0.1, -0.05) is 36.0 Å². The SMILES string of the molecule is Cc1cc(CNC(=O)C2(C(N)=NO)CCCCCC2)no1. The molecule has 1 amide bonds. The molecule has 0 aromatic carbocycles. The Labute approximate surface area is 123 Å². The summed E-state index contributed by atoms with van der Waals surface area (Å²) in [6, 6.07) is 1.77. The van der Waals surface area contributed by atoms with Gasteiger partial charge in [0.15, 0.2) is 5.84 Å². The number of oxime groups is 1. The van der Waals surface area contributed by atoms with E-state index in [0.29, 0.717) is 24.3 Å². The number of nitrogens with one attached hydrogen (secondary N) is 1. The van der Waals surface area contributed by atoms with Crippen molar-refractivity contribution in [1.82, 2.24) is 10.5 Å². The van der Waals surface area contributed by atoms with Crippen LogP contribution in [0.1, 0.15) is 50.0 Å². The van der Waals surface area contributed by atoms with Gasteiger partial charge in [0.2, 0.25) is 5.91 Å². The second-order valence-corrected chi connectivity index (χ2v) is 5.59. The first-order valence-corrected chi connectivity index (χ1v) is 7.27. The minimum Gasteiger partial charge on any atom is -0.409 e. The molecular weight excluding hydrogens is 272 g/mol. The van der Waals surface area contributed by atoms with E-state index in [-0.39, 0.29) is 18.3 Å². The molecule has 7 nitrogen and oxygen atoms in total. The Kier molecular flexibility index (Phi) is 4.82. The van der Waals surface area contributed by atoms with Crippen molar-refractivity contribution >= 4 is 11.7 Å². The van der Waals surface area contributed by atoms with Gasteiger partial charge in [0.1, 0.15) is 16.9 Å². The summed E-state index contributed by atoms with van der Waals surface area (Å²) in [4.78, 5) is 12.6. The van der Waals surface area contributed by atoms with Gasteiger partial charge in [-0.2, -0.15) is 0 Å². The number of carbonyl (C=O) groups excluding carboxylic acids is 1. The predicted molar refractivity (Wildman–Crippen MR) is 76.6 cm³/mol. The summed E-state index contributed by atoms with van der Waals surface area (Å²) in [6.45, 7) is 2.07. The first kappa shape index (κ1) is 15.3. The Bertz CT molecular complexity index is 516. The standard InChI is InChI=1S/C14H22N4O3/c1-10-8-11(18-21-10)9-16-13(19)14(12(15)17-20)6-4-2-3-5-7-14/h8,20H,2-7,9H2,1H3,(H2,15,17)(H,16,19). The fraction of sp³-hybridized carbons (Fsp3) is 0.643. The predicted octanol–water partition coefficient (Wildman–Crippen LogP) is 1.69. The molecule has 1 heterocycles. The van der Waals surface area contributed by atoms with Crippen molar-refractivity contribution < 1.29 is 14.5 Å². The normalized spacial score (nSPS) is 19.0. The second-order valence-electron chi connectivity index (χ2n) is 5.59. The molecule has 1 aliphatic carbocycles. The van der Waals surface area contributed by atoms with Crippen LogP contribution >= 0.6 is 0 Å². The van der Waals surface area contributed by atoms with E-state index in [2.05, 4.69) is 15.6 Å². The Morgan fingerprint density at radius 3 is 2.67 bits per heavy atom. The number of amides is 1. The third-order valence-corrected chi connectivity index (χ3v) is 4.10. The number of hydrogen-bond donors (Lipinski definition) is 3. The van der Waals surface area contributed by atoms with Crippen molar-refractivity contribution in [3.63, 3.8) is 0 Å². The lowest BCUT2D eigenvalue weighted by atomic mass is 9.78. The van der Waals surface area contributed by atoms with Gasteiger partial charge in [0.25, 0.3) is 0 Å². The third kappa shape index (κ3) is 3.34. The first-order valence-electron chi connectivity index (χ1n) is 7.27. The monoisotopic (exact) mass is 294 g/mol. The first-order chi connectivity index (χ1) is 10.1. The number of aryl methyl sites for hydroxylation is 1. The van der Waals surface area contributed by atoms with E-state index in [1.165, 1.54) is 0 Å². The number of carbonyl (C=O) groups is 1. The van der Waals surface area contributed by atoms with Crippen molar-refractivity contribution in [1.29, 1.82) is 0 Å². The molecule has 0 radical (unpaired) electrons. The second kappa shape index (κ2) is 6.60. The quantitative estimate of drug-likeness (QED) is 0.257. The van der Waals surface area contributed by atoms with Crippen LogP contribution < -0.4 is 11.1 Å². The number of rotatable bonds is 4. The minimum atomic E-state index is -0.913. The molecule has 0 saturated heterocycles. The maximum atomic E-state index is 12.6. The molecule has 1 saturated carbocycles. The molecular formula is C14H22N4O3. The van der Waals surface area contributed by atoms with Crippen LogP contribution in [0.2, 0.25) is 0 Å². The molecule has 0 bridgehead atoms. The van der Waals surface area contributed by atoms with Gasteiger partial charge < -0.3 is 20.8 Å². The van der Waals surface area contributed by atoms with E-state index in [1.807, 2.05) is 0 Å². The summed E-state index contributed by atoms with van der Waals surface area (Å²) in [5.74, 6) is 0.485. The highest BCUT2D eigenvalue weighted by Crippen LogP contribution is 2.35. The van der Waals surface area contributed by atoms with Gasteiger partial charge in [-0.15, -0.1) is 0 Å². The number of hydrogen-bond acceptors (Lipinski definition) is 5. The molecule has 7 heteroatoms. The molecule has 116 valence electrons. The number of nitrogens with zero attached hydrogens (tertiary/aromatic N) is 2. The zero-order chi connectivity index (χ0) is 15.3. The molecule has 1 fully saturated rings. The molecule has 0 atom stereocenters. The topological polar surface area (TPSA) is 114 Å². The van der Waals surface area contributed by atoms with Crippen LogP contribution in [0.25, 0.3) is 0 Å². The zero-order valence-electron chi connectivity index (χ0n) is 12.3. The van der Waals surface area contributed by atoms with Crippen molar-refractivity contribution in [2.45, 2.75) is 52.0 Å². The average molecular weight is 294 g/mol. The Hall–Kier alpha value is -2.05. The van der Waals surface area contributed by atoms with E-state index in [9.17, 15) is 4.79 Å². The fourth-order valence-corrected chi connectivity index (χ4v) is 2.87. The van der Waals surface area contributed by atoms with Crippen molar-refractivity contribution in [3.8, 4) is 0 Å². The Morgan fingerprint density at radius 2 is 2.14 bits per heavy atom. The molecule has 0 spiro atoms. The molecule has 1 aromatic heterocycles. The number of aromatic nitrogens is 1. The van der Waals surface area contributed by atoms with E-state index in [1.54, 1.807) is 13.0 Å². The van der Waals surface area contributed by atoms with Crippen LogP contribution in [0.4, 0.5) is 0 Å². The van der Waals surface area contributed by atoms with Crippen molar-refractivity contribution in [2.75, 3.05) is 0 Å². The van der Waals surface area contributed by atoms with Crippen LogP contribution in [0, 0.1) is 12.3 Å². The summed E-state index contributed by atoms with van der Waals surface area (Å²) in [5, 5.41) is 18.8. The average Bonchev–Trinajstić information content (AvgIpc) is 2.76. The van der Waals surface area contributed by atoms with Gasteiger partial charge in [0.05, 0.1) is 6.54 Å². The number of amidine groups is 1. The van der Waals surface area contributed by atoms with E-state index in [0.717, 1.165) is 25.7 Å². The van der Waals surface area contributed by atoms with E-state index in [4.69, 9.17) is 15.5 Å². The maximum Gasteiger partial charge on any atom is 0.234 e. The van der Waals surface area contributed by atoms with Crippen molar-refractivity contribution in [3.05, 3.63) is 17.5 Å². The molecule has 0 aliphatic heterocycles. The Balaban J connectivity index is 2.10. The third-order valence-electron chi connectivity index (χ3n) is 4.10. The molecule has 1 aromatic rings. The molecule has 1 aliphatic rings. The van der Waals surface area contributed by atoms with E-state index < -0.39 is 5.41 Å². The summed E-state index contributed by atoms with van der Waals surface area (Å²) in [7, 11) is 0. The van der Waals surface area contributed by atoms with Gasteiger partial charge in [-0.05, 0) is 19.8 Å². The highest BCUT2D eigenvalue weighted by Gasteiger charge is 2.42. The molecule has 21 heavy (non-hydrogen) atoms.